The summed E-state index contributed by atoms with van der Waals surface area (Å²) >= 11 is 2.93. The first-order valence-corrected chi connectivity index (χ1v) is 14.8. The molecule has 8 heteroatoms. The Labute approximate surface area is 242 Å². The van der Waals surface area contributed by atoms with Crippen LogP contribution in [0.2, 0.25) is 0 Å². The largest absolute Gasteiger partial charge is 0.497 e. The number of fused-ring (bicyclic) bond motifs is 1. The molecule has 2 atom stereocenters. The van der Waals surface area contributed by atoms with E-state index in [1.54, 1.807) is 31.4 Å². The van der Waals surface area contributed by atoms with Gasteiger partial charge in [0.1, 0.15) is 16.8 Å². The highest BCUT2D eigenvalue weighted by Crippen LogP contribution is 2.42. The Hall–Kier alpha value is -4.06. The molecule has 0 fully saturated rings. The van der Waals surface area contributed by atoms with Gasteiger partial charge in [0.25, 0.3) is 5.91 Å². The minimum Gasteiger partial charge on any atom is -0.497 e. The van der Waals surface area contributed by atoms with Crippen molar-refractivity contribution in [2.24, 2.45) is 0 Å². The van der Waals surface area contributed by atoms with E-state index >= 15 is 0 Å². The summed E-state index contributed by atoms with van der Waals surface area (Å²) in [5, 5.41) is 16.1. The van der Waals surface area contributed by atoms with Crippen LogP contribution in [0.1, 0.15) is 51.2 Å². The molecule has 1 aliphatic rings. The first kappa shape index (κ1) is 27.5. The predicted molar refractivity (Wildman–Crippen MR) is 162 cm³/mol. The molecule has 4 aromatic rings. The smallest absolute Gasteiger partial charge is 0.255 e. The van der Waals surface area contributed by atoms with Crippen LogP contribution in [0.3, 0.4) is 0 Å². The predicted octanol–water partition coefficient (Wildman–Crippen LogP) is 7.27. The van der Waals surface area contributed by atoms with Gasteiger partial charge in [-0.25, -0.2) is 0 Å². The maximum Gasteiger partial charge on any atom is 0.255 e. The van der Waals surface area contributed by atoms with E-state index in [-0.39, 0.29) is 11.8 Å². The van der Waals surface area contributed by atoms with Crippen LogP contribution in [0.25, 0.3) is 0 Å². The Morgan fingerprint density at radius 1 is 1.05 bits per heavy atom. The van der Waals surface area contributed by atoms with Gasteiger partial charge in [-0.2, -0.15) is 5.26 Å². The number of carbonyl (C=O) groups is 2. The van der Waals surface area contributed by atoms with E-state index in [2.05, 4.69) is 41.0 Å². The number of amides is 2. The molecule has 2 unspecified atom stereocenters. The maximum absolute atomic E-state index is 13.2. The number of thioether (sulfide) groups is 1. The number of nitrogens with zero attached hydrogens (tertiary/aromatic N) is 1. The van der Waals surface area contributed by atoms with Gasteiger partial charge in [-0.3, -0.25) is 9.59 Å². The van der Waals surface area contributed by atoms with Gasteiger partial charge in [0, 0.05) is 21.0 Å². The zero-order valence-electron chi connectivity index (χ0n) is 22.3. The van der Waals surface area contributed by atoms with Crippen LogP contribution >= 0.6 is 23.1 Å². The molecule has 1 aliphatic carbocycles. The first-order chi connectivity index (χ1) is 19.4. The highest BCUT2D eigenvalue weighted by molar-refractivity contribution is 8.00. The van der Waals surface area contributed by atoms with Gasteiger partial charge in [0.2, 0.25) is 5.91 Å². The SMILES string of the molecule is COc1ccc(C(=O)Nc2cccc(SC(C)C(=O)Nc3sc4c(c3C#N)CCC(c3ccccc3)C4)c2)cc1. The minimum absolute atomic E-state index is 0.160. The molecule has 1 aromatic heterocycles. The maximum atomic E-state index is 13.2. The van der Waals surface area contributed by atoms with Crippen molar-refractivity contribution >= 4 is 45.6 Å². The molecule has 0 bridgehead atoms. The van der Waals surface area contributed by atoms with Crippen molar-refractivity contribution in [2.75, 3.05) is 17.7 Å². The monoisotopic (exact) mass is 567 g/mol. The summed E-state index contributed by atoms with van der Waals surface area (Å²) in [6.07, 6.45) is 2.71. The van der Waals surface area contributed by atoms with Crippen LogP contribution < -0.4 is 15.4 Å². The average Bonchev–Trinajstić information content (AvgIpc) is 3.33. The van der Waals surface area contributed by atoms with E-state index in [1.807, 2.05) is 37.3 Å². The number of nitriles is 1. The lowest BCUT2D eigenvalue weighted by Crippen LogP contribution is -2.22. The number of rotatable bonds is 8. The molecule has 0 spiro atoms. The Morgan fingerprint density at radius 2 is 1.82 bits per heavy atom. The fraction of sp³-hybridized carbons (Fsp3) is 0.219. The van der Waals surface area contributed by atoms with Crippen molar-refractivity contribution in [3.63, 3.8) is 0 Å². The number of hydrogen-bond acceptors (Lipinski definition) is 6. The van der Waals surface area contributed by atoms with Crippen LogP contribution in [0.5, 0.6) is 5.75 Å². The van der Waals surface area contributed by atoms with Crippen molar-refractivity contribution in [3.8, 4) is 11.8 Å². The summed E-state index contributed by atoms with van der Waals surface area (Å²) < 4.78 is 5.15. The highest BCUT2D eigenvalue weighted by atomic mass is 32.2. The van der Waals surface area contributed by atoms with Crippen molar-refractivity contribution in [1.29, 1.82) is 5.26 Å². The van der Waals surface area contributed by atoms with Crippen molar-refractivity contribution in [3.05, 3.63) is 106 Å². The third-order valence-electron chi connectivity index (χ3n) is 7.01. The molecule has 202 valence electrons. The number of hydrogen-bond donors (Lipinski definition) is 2. The lowest BCUT2D eigenvalue weighted by Gasteiger charge is -2.22. The normalized spacial score (nSPS) is 14.9. The summed E-state index contributed by atoms with van der Waals surface area (Å²) in [5.74, 6) is 0.723. The Kier molecular flexibility index (Phi) is 8.54. The van der Waals surface area contributed by atoms with Crippen molar-refractivity contribution in [1.82, 2.24) is 0 Å². The molecule has 2 N–H and O–H groups in total. The molecular formula is C32H29N3O3S2. The van der Waals surface area contributed by atoms with E-state index < -0.39 is 5.25 Å². The molecular weight excluding hydrogens is 539 g/mol. The minimum atomic E-state index is -0.407. The standard InChI is InChI=1S/C32H29N3O3S2/c1-20(39-26-10-6-9-24(18-26)34-31(37)22-11-14-25(38-2)15-12-22)30(36)35-32-28(19-33)27-16-13-23(17-29(27)40-32)21-7-4-3-5-8-21/h3-12,14-15,18,20,23H,13,16-17H2,1-2H3,(H,34,37)(H,35,36). The fourth-order valence-electron chi connectivity index (χ4n) is 4.87. The first-order valence-electron chi connectivity index (χ1n) is 13.1. The second kappa shape index (κ2) is 12.4. The second-order valence-corrected chi connectivity index (χ2v) is 12.1. The van der Waals surface area contributed by atoms with Gasteiger partial charge in [-0.1, -0.05) is 36.4 Å². The van der Waals surface area contributed by atoms with E-state index in [1.165, 1.54) is 33.5 Å². The zero-order chi connectivity index (χ0) is 28.1. The fourth-order valence-corrected chi connectivity index (χ4v) is 7.07. The third-order valence-corrected chi connectivity index (χ3v) is 9.27. The molecule has 0 aliphatic heterocycles. The number of ether oxygens (including phenoxy) is 1. The second-order valence-electron chi connectivity index (χ2n) is 9.63. The Bertz CT molecular complexity index is 1560. The summed E-state index contributed by atoms with van der Waals surface area (Å²) in [4.78, 5) is 27.9. The van der Waals surface area contributed by atoms with Crippen LogP contribution in [-0.4, -0.2) is 24.2 Å². The highest BCUT2D eigenvalue weighted by Gasteiger charge is 2.28. The van der Waals surface area contributed by atoms with Crippen molar-refractivity contribution in [2.45, 2.75) is 42.2 Å². The summed E-state index contributed by atoms with van der Waals surface area (Å²) in [6.45, 7) is 1.84. The summed E-state index contributed by atoms with van der Waals surface area (Å²) in [5.41, 5.74) is 4.16. The average molecular weight is 568 g/mol. The van der Waals surface area contributed by atoms with Crippen LogP contribution in [0.4, 0.5) is 10.7 Å². The zero-order valence-corrected chi connectivity index (χ0v) is 23.9. The molecule has 6 nitrogen and oxygen atoms in total. The number of anilines is 2. The van der Waals surface area contributed by atoms with Crippen LogP contribution in [0, 0.1) is 11.3 Å². The quantitative estimate of drug-likeness (QED) is 0.219. The van der Waals surface area contributed by atoms with E-state index in [9.17, 15) is 14.9 Å². The van der Waals surface area contributed by atoms with Gasteiger partial charge in [0.05, 0.1) is 17.9 Å². The molecule has 0 saturated carbocycles. The Balaban J connectivity index is 1.23. The van der Waals surface area contributed by atoms with Gasteiger partial charge in [-0.05, 0) is 85.7 Å². The van der Waals surface area contributed by atoms with Gasteiger partial charge in [0.15, 0.2) is 0 Å². The van der Waals surface area contributed by atoms with Gasteiger partial charge in [-0.15, -0.1) is 23.1 Å². The van der Waals surface area contributed by atoms with E-state index in [4.69, 9.17) is 4.74 Å². The molecule has 2 amide bonds. The van der Waals surface area contributed by atoms with Gasteiger partial charge >= 0.3 is 0 Å². The van der Waals surface area contributed by atoms with E-state index in [0.29, 0.717) is 33.5 Å². The van der Waals surface area contributed by atoms with Gasteiger partial charge < -0.3 is 15.4 Å². The molecule has 5 rings (SSSR count). The molecule has 0 saturated heterocycles. The van der Waals surface area contributed by atoms with Crippen LogP contribution in [0.15, 0.2) is 83.8 Å². The number of thiophene rings is 1. The van der Waals surface area contributed by atoms with E-state index in [0.717, 1.165) is 29.7 Å². The number of benzene rings is 3. The third kappa shape index (κ3) is 6.22. The lowest BCUT2D eigenvalue weighted by molar-refractivity contribution is -0.115. The summed E-state index contributed by atoms with van der Waals surface area (Å²) in [7, 11) is 1.58. The molecule has 3 aromatic carbocycles. The van der Waals surface area contributed by atoms with Crippen molar-refractivity contribution < 1.29 is 14.3 Å². The number of nitrogens with one attached hydrogen (secondary N) is 2. The topological polar surface area (TPSA) is 91.2 Å². The number of carbonyl (C=O) groups excluding carboxylic acids is 2. The number of methoxy groups -OCH3 is 1. The Morgan fingerprint density at radius 3 is 2.55 bits per heavy atom. The molecule has 1 heterocycles. The molecule has 0 radical (unpaired) electrons. The molecule has 40 heavy (non-hydrogen) atoms. The van der Waals surface area contributed by atoms with Crippen LogP contribution in [-0.2, 0) is 17.6 Å². The lowest BCUT2D eigenvalue weighted by atomic mass is 9.83. The summed E-state index contributed by atoms with van der Waals surface area (Å²) in [6, 6.07) is 27.1.